The largest absolute Gasteiger partial charge is 0.313 e. The maximum absolute atomic E-state index is 3.72. The van der Waals surface area contributed by atoms with Gasteiger partial charge in [-0.3, -0.25) is 4.90 Å². The highest BCUT2D eigenvalue weighted by atomic mass is 15.2. The fourth-order valence-electron chi connectivity index (χ4n) is 3.05. The summed E-state index contributed by atoms with van der Waals surface area (Å²) >= 11 is 0. The number of hydrogen-bond donors (Lipinski definition) is 1. The molecule has 0 bridgehead atoms. The SMILES string of the molecule is CC(C)N1CCC(NCCCN(C)Cc2ccccc2)C1. The molecule has 0 spiro atoms. The third-order valence-corrected chi connectivity index (χ3v) is 4.39. The van der Waals surface area contributed by atoms with Crippen molar-refractivity contribution in [2.45, 2.75) is 45.3 Å². The molecule has 0 aliphatic carbocycles. The summed E-state index contributed by atoms with van der Waals surface area (Å²) in [5.74, 6) is 0. The highest BCUT2D eigenvalue weighted by Crippen LogP contribution is 2.12. The standard InChI is InChI=1S/C18H31N3/c1-16(2)21-13-10-18(15-21)19-11-7-12-20(3)14-17-8-5-4-6-9-17/h4-6,8-9,16,18-19H,7,10-15H2,1-3H3. The van der Waals surface area contributed by atoms with Crippen LogP contribution in [-0.2, 0) is 6.54 Å². The van der Waals surface area contributed by atoms with Crippen molar-refractivity contribution in [3.63, 3.8) is 0 Å². The molecule has 1 aromatic carbocycles. The zero-order valence-corrected chi connectivity index (χ0v) is 13.9. The third-order valence-electron chi connectivity index (χ3n) is 4.39. The Hall–Kier alpha value is -0.900. The van der Waals surface area contributed by atoms with Gasteiger partial charge in [-0.15, -0.1) is 0 Å². The monoisotopic (exact) mass is 289 g/mol. The van der Waals surface area contributed by atoms with E-state index in [-0.39, 0.29) is 0 Å². The Kier molecular flexibility index (Phi) is 6.68. The fourth-order valence-corrected chi connectivity index (χ4v) is 3.05. The first-order valence-corrected chi connectivity index (χ1v) is 8.35. The first kappa shape index (κ1) is 16.5. The van der Waals surface area contributed by atoms with Crippen molar-refractivity contribution in [3.05, 3.63) is 35.9 Å². The lowest BCUT2D eigenvalue weighted by Gasteiger charge is -2.21. The first-order valence-electron chi connectivity index (χ1n) is 8.35. The summed E-state index contributed by atoms with van der Waals surface area (Å²) in [5.41, 5.74) is 1.40. The quantitative estimate of drug-likeness (QED) is 0.742. The van der Waals surface area contributed by atoms with Gasteiger partial charge in [-0.05, 0) is 58.9 Å². The van der Waals surface area contributed by atoms with Crippen molar-refractivity contribution in [3.8, 4) is 0 Å². The number of benzene rings is 1. The topological polar surface area (TPSA) is 18.5 Å². The van der Waals surface area contributed by atoms with Gasteiger partial charge in [-0.2, -0.15) is 0 Å². The Morgan fingerprint density at radius 3 is 2.71 bits per heavy atom. The van der Waals surface area contributed by atoms with Crippen LogP contribution in [0.1, 0.15) is 32.3 Å². The number of rotatable bonds is 8. The minimum absolute atomic E-state index is 0.689. The Balaban J connectivity index is 1.56. The van der Waals surface area contributed by atoms with Crippen molar-refractivity contribution in [2.24, 2.45) is 0 Å². The molecule has 0 saturated carbocycles. The minimum atomic E-state index is 0.689. The van der Waals surface area contributed by atoms with Gasteiger partial charge in [0.25, 0.3) is 0 Å². The average molecular weight is 289 g/mol. The normalized spacial score (nSPS) is 19.8. The van der Waals surface area contributed by atoms with Crippen LogP contribution < -0.4 is 5.32 Å². The molecule has 21 heavy (non-hydrogen) atoms. The molecule has 1 atom stereocenters. The predicted molar refractivity (Wildman–Crippen MR) is 90.5 cm³/mol. The molecule has 3 nitrogen and oxygen atoms in total. The number of likely N-dealkylation sites (tertiary alicyclic amines) is 1. The molecular formula is C18H31N3. The van der Waals surface area contributed by atoms with Crippen LogP contribution in [0.15, 0.2) is 30.3 Å². The summed E-state index contributed by atoms with van der Waals surface area (Å²) in [6.07, 6.45) is 2.53. The lowest BCUT2D eigenvalue weighted by atomic mass is 10.2. The van der Waals surface area contributed by atoms with Gasteiger partial charge in [-0.1, -0.05) is 30.3 Å². The number of hydrogen-bond acceptors (Lipinski definition) is 3. The molecule has 1 aliphatic rings. The van der Waals surface area contributed by atoms with Gasteiger partial charge >= 0.3 is 0 Å². The second kappa shape index (κ2) is 8.52. The minimum Gasteiger partial charge on any atom is -0.313 e. The van der Waals surface area contributed by atoms with Gasteiger partial charge in [0.15, 0.2) is 0 Å². The summed E-state index contributed by atoms with van der Waals surface area (Å²) in [6.45, 7) is 10.4. The van der Waals surface area contributed by atoms with Crippen molar-refractivity contribution in [1.29, 1.82) is 0 Å². The van der Waals surface area contributed by atoms with E-state index in [1.165, 1.54) is 31.5 Å². The van der Waals surface area contributed by atoms with Crippen LogP contribution in [-0.4, -0.2) is 55.1 Å². The van der Waals surface area contributed by atoms with Crippen LogP contribution in [0.25, 0.3) is 0 Å². The van der Waals surface area contributed by atoms with Crippen LogP contribution in [0.2, 0.25) is 0 Å². The lowest BCUT2D eigenvalue weighted by Crippen LogP contribution is -2.36. The van der Waals surface area contributed by atoms with E-state index >= 15 is 0 Å². The maximum Gasteiger partial charge on any atom is 0.0230 e. The Morgan fingerprint density at radius 2 is 2.05 bits per heavy atom. The van der Waals surface area contributed by atoms with Crippen LogP contribution in [0.3, 0.4) is 0 Å². The highest BCUT2D eigenvalue weighted by Gasteiger charge is 2.23. The maximum atomic E-state index is 3.72. The lowest BCUT2D eigenvalue weighted by molar-refractivity contribution is 0.267. The van der Waals surface area contributed by atoms with E-state index in [1.807, 2.05) is 0 Å². The molecule has 1 N–H and O–H groups in total. The molecule has 1 fully saturated rings. The smallest absolute Gasteiger partial charge is 0.0230 e. The Labute approximate surface area is 130 Å². The number of nitrogens with one attached hydrogen (secondary N) is 1. The second-order valence-electron chi connectivity index (χ2n) is 6.61. The van der Waals surface area contributed by atoms with Crippen LogP contribution in [0.5, 0.6) is 0 Å². The van der Waals surface area contributed by atoms with Crippen LogP contribution in [0.4, 0.5) is 0 Å². The Morgan fingerprint density at radius 1 is 1.29 bits per heavy atom. The van der Waals surface area contributed by atoms with E-state index in [1.54, 1.807) is 0 Å². The number of nitrogens with zero attached hydrogens (tertiary/aromatic N) is 2. The summed E-state index contributed by atoms with van der Waals surface area (Å²) in [6, 6.07) is 12.1. The molecule has 0 aromatic heterocycles. The average Bonchev–Trinajstić information content (AvgIpc) is 2.94. The summed E-state index contributed by atoms with van der Waals surface area (Å²) in [5, 5.41) is 3.72. The molecule has 1 aliphatic heterocycles. The zero-order valence-electron chi connectivity index (χ0n) is 13.9. The first-order chi connectivity index (χ1) is 10.1. The van der Waals surface area contributed by atoms with E-state index < -0.39 is 0 Å². The van der Waals surface area contributed by atoms with Gasteiger partial charge < -0.3 is 10.2 Å². The van der Waals surface area contributed by atoms with Crippen LogP contribution >= 0.6 is 0 Å². The fraction of sp³-hybridized carbons (Fsp3) is 0.667. The summed E-state index contributed by atoms with van der Waals surface area (Å²) in [7, 11) is 2.21. The molecule has 0 amide bonds. The molecule has 1 heterocycles. The van der Waals surface area contributed by atoms with Gasteiger partial charge in [0.1, 0.15) is 0 Å². The van der Waals surface area contributed by atoms with Gasteiger partial charge in [0.2, 0.25) is 0 Å². The molecule has 2 rings (SSSR count). The summed E-state index contributed by atoms with van der Waals surface area (Å²) < 4.78 is 0. The molecule has 0 radical (unpaired) electrons. The van der Waals surface area contributed by atoms with Crippen molar-refractivity contribution in [1.82, 2.24) is 15.1 Å². The summed E-state index contributed by atoms with van der Waals surface area (Å²) in [4.78, 5) is 4.98. The molecule has 1 saturated heterocycles. The van der Waals surface area contributed by atoms with Gasteiger partial charge in [0.05, 0.1) is 0 Å². The zero-order chi connectivity index (χ0) is 15.1. The van der Waals surface area contributed by atoms with Crippen molar-refractivity contribution < 1.29 is 0 Å². The third kappa shape index (κ3) is 5.77. The molecule has 118 valence electrons. The second-order valence-corrected chi connectivity index (χ2v) is 6.61. The van der Waals surface area contributed by atoms with Gasteiger partial charge in [0, 0.05) is 25.2 Å². The molecular weight excluding hydrogens is 258 g/mol. The predicted octanol–water partition coefficient (Wildman–Crippen LogP) is 2.58. The van der Waals surface area contributed by atoms with E-state index in [0.29, 0.717) is 12.1 Å². The van der Waals surface area contributed by atoms with Crippen molar-refractivity contribution >= 4 is 0 Å². The van der Waals surface area contributed by atoms with Crippen LogP contribution in [0, 0.1) is 0 Å². The highest BCUT2D eigenvalue weighted by molar-refractivity contribution is 5.14. The Bertz CT molecular complexity index is 391. The van der Waals surface area contributed by atoms with E-state index in [4.69, 9.17) is 0 Å². The van der Waals surface area contributed by atoms with E-state index in [0.717, 1.165) is 19.6 Å². The molecule has 1 aromatic rings. The van der Waals surface area contributed by atoms with E-state index in [2.05, 4.69) is 66.3 Å². The molecule has 1 unspecified atom stereocenters. The van der Waals surface area contributed by atoms with Gasteiger partial charge in [-0.25, -0.2) is 0 Å². The molecule has 3 heteroatoms. The van der Waals surface area contributed by atoms with E-state index in [9.17, 15) is 0 Å². The van der Waals surface area contributed by atoms with Crippen molar-refractivity contribution in [2.75, 3.05) is 33.2 Å².